The van der Waals surface area contributed by atoms with Crippen LogP contribution in [0.5, 0.6) is 17.2 Å². The van der Waals surface area contributed by atoms with E-state index in [9.17, 15) is 9.59 Å². The highest BCUT2D eigenvalue weighted by Gasteiger charge is 2.24. The van der Waals surface area contributed by atoms with Crippen molar-refractivity contribution < 1.29 is 28.5 Å². The van der Waals surface area contributed by atoms with E-state index in [1.165, 1.54) is 63.7 Å². The fourth-order valence-corrected chi connectivity index (χ4v) is 5.21. The molecule has 2 aromatic carbocycles. The monoisotopic (exact) mass is 481 g/mol. The summed E-state index contributed by atoms with van der Waals surface area (Å²) in [5.74, 6) is 0.197. The van der Waals surface area contributed by atoms with E-state index in [0.717, 1.165) is 24.0 Å². The lowest BCUT2D eigenvalue weighted by Crippen LogP contribution is -2.15. The van der Waals surface area contributed by atoms with E-state index in [4.69, 9.17) is 18.9 Å². The van der Waals surface area contributed by atoms with Gasteiger partial charge in [0, 0.05) is 16.5 Å². The Kier molecular flexibility index (Phi) is 7.07. The van der Waals surface area contributed by atoms with E-state index in [1.807, 2.05) is 11.4 Å². The van der Waals surface area contributed by atoms with Gasteiger partial charge < -0.3 is 24.3 Å². The molecule has 0 fully saturated rings. The minimum atomic E-state index is -0.505. The molecule has 8 heteroatoms. The first-order valence-electron chi connectivity index (χ1n) is 10.9. The molecular weight excluding hydrogens is 454 g/mol. The number of benzene rings is 2. The van der Waals surface area contributed by atoms with Crippen molar-refractivity contribution >= 4 is 28.2 Å². The Morgan fingerprint density at radius 3 is 2.18 bits per heavy atom. The zero-order chi connectivity index (χ0) is 24.2. The van der Waals surface area contributed by atoms with Crippen molar-refractivity contribution in [3.8, 4) is 28.4 Å². The zero-order valence-electron chi connectivity index (χ0n) is 19.7. The number of anilines is 1. The highest BCUT2D eigenvalue weighted by atomic mass is 32.1. The van der Waals surface area contributed by atoms with Gasteiger partial charge in [-0.1, -0.05) is 18.2 Å². The molecular formula is C26H27NO6S. The van der Waals surface area contributed by atoms with Crippen LogP contribution in [0.4, 0.5) is 5.00 Å². The first-order valence-corrected chi connectivity index (χ1v) is 11.8. The molecule has 1 aliphatic carbocycles. The summed E-state index contributed by atoms with van der Waals surface area (Å²) in [5, 5.41) is 5.15. The molecule has 0 unspecified atom stereocenters. The van der Waals surface area contributed by atoms with Gasteiger partial charge in [0.25, 0.3) is 5.91 Å². The average Bonchev–Trinajstić information content (AvgIpc) is 3.30. The molecule has 34 heavy (non-hydrogen) atoms. The predicted molar refractivity (Wildman–Crippen MR) is 132 cm³/mol. The molecule has 178 valence electrons. The molecule has 1 aromatic heterocycles. The molecule has 1 N–H and O–H groups in total. The number of ether oxygens (including phenoxy) is 4. The normalized spacial score (nSPS) is 12.5. The van der Waals surface area contributed by atoms with Gasteiger partial charge >= 0.3 is 5.97 Å². The summed E-state index contributed by atoms with van der Waals surface area (Å²) >= 11 is 1.28. The van der Waals surface area contributed by atoms with Crippen molar-refractivity contribution in [1.29, 1.82) is 0 Å². The third-order valence-corrected chi connectivity index (χ3v) is 6.89. The highest BCUT2D eigenvalue weighted by molar-refractivity contribution is 7.15. The van der Waals surface area contributed by atoms with Gasteiger partial charge in [-0.25, -0.2) is 4.79 Å². The number of hydrogen-bond acceptors (Lipinski definition) is 7. The lowest BCUT2D eigenvalue weighted by molar-refractivity contribution is 0.0603. The van der Waals surface area contributed by atoms with Gasteiger partial charge in [0.2, 0.25) is 5.75 Å². The van der Waals surface area contributed by atoms with Crippen LogP contribution in [0.15, 0.2) is 35.7 Å². The fourth-order valence-electron chi connectivity index (χ4n) is 4.26. The summed E-state index contributed by atoms with van der Waals surface area (Å²) in [6.45, 7) is 0. The van der Waals surface area contributed by atoms with Gasteiger partial charge in [0.05, 0.1) is 28.4 Å². The van der Waals surface area contributed by atoms with Gasteiger partial charge in [0.15, 0.2) is 11.5 Å². The molecule has 0 bridgehead atoms. The van der Waals surface area contributed by atoms with Crippen molar-refractivity contribution in [2.45, 2.75) is 25.7 Å². The topological polar surface area (TPSA) is 83.1 Å². The fraction of sp³-hybridized carbons (Fsp3) is 0.308. The minimum absolute atomic E-state index is 0.300. The van der Waals surface area contributed by atoms with Crippen LogP contribution in [-0.2, 0) is 17.6 Å². The molecule has 0 saturated heterocycles. The molecule has 1 heterocycles. The second-order valence-electron chi connectivity index (χ2n) is 7.90. The summed E-state index contributed by atoms with van der Waals surface area (Å²) in [4.78, 5) is 25.9. The second kappa shape index (κ2) is 10.2. The van der Waals surface area contributed by atoms with Crippen molar-refractivity contribution in [2.75, 3.05) is 33.8 Å². The van der Waals surface area contributed by atoms with Crippen LogP contribution in [0.3, 0.4) is 0 Å². The van der Waals surface area contributed by atoms with Crippen LogP contribution in [0.1, 0.15) is 44.7 Å². The maximum absolute atomic E-state index is 13.1. The van der Waals surface area contributed by atoms with E-state index >= 15 is 0 Å². The number of methoxy groups -OCH3 is 4. The quantitative estimate of drug-likeness (QED) is 0.458. The Labute approximate surface area is 202 Å². The van der Waals surface area contributed by atoms with Gasteiger partial charge in [0.1, 0.15) is 10.6 Å². The van der Waals surface area contributed by atoms with Crippen molar-refractivity contribution in [2.24, 2.45) is 0 Å². The Morgan fingerprint density at radius 2 is 1.56 bits per heavy atom. The molecule has 7 nitrogen and oxygen atoms in total. The summed E-state index contributed by atoms with van der Waals surface area (Å²) in [6.07, 6.45) is 4.49. The Hall–Kier alpha value is -3.52. The number of carbonyl (C=O) groups excluding carboxylic acids is 2. The molecule has 1 aliphatic rings. The van der Waals surface area contributed by atoms with Crippen LogP contribution >= 0.6 is 11.3 Å². The van der Waals surface area contributed by atoms with E-state index in [1.54, 1.807) is 12.1 Å². The zero-order valence-corrected chi connectivity index (χ0v) is 20.5. The molecule has 0 atom stereocenters. The van der Waals surface area contributed by atoms with Crippen LogP contribution in [0.2, 0.25) is 0 Å². The van der Waals surface area contributed by atoms with Crippen molar-refractivity contribution in [3.05, 3.63) is 58.0 Å². The third-order valence-electron chi connectivity index (χ3n) is 5.99. The number of amides is 1. The minimum Gasteiger partial charge on any atom is -0.493 e. The van der Waals surface area contributed by atoms with E-state index in [-0.39, 0.29) is 0 Å². The summed E-state index contributed by atoms with van der Waals surface area (Å²) in [7, 11) is 5.80. The van der Waals surface area contributed by atoms with Crippen LogP contribution in [0, 0.1) is 0 Å². The first kappa shape index (κ1) is 23.6. The van der Waals surface area contributed by atoms with Crippen LogP contribution in [0.25, 0.3) is 11.1 Å². The number of hydrogen-bond donors (Lipinski definition) is 1. The van der Waals surface area contributed by atoms with Crippen LogP contribution < -0.4 is 19.5 Å². The van der Waals surface area contributed by atoms with E-state index < -0.39 is 11.9 Å². The number of esters is 1. The number of thiophene rings is 1. The van der Waals surface area contributed by atoms with E-state index in [2.05, 4.69) is 17.4 Å². The maximum Gasteiger partial charge on any atom is 0.341 e. The Balaban J connectivity index is 1.70. The highest BCUT2D eigenvalue weighted by Crippen LogP contribution is 2.40. The molecule has 4 rings (SSSR count). The lowest BCUT2D eigenvalue weighted by atomic mass is 9.89. The third kappa shape index (κ3) is 4.46. The largest absolute Gasteiger partial charge is 0.493 e. The van der Waals surface area contributed by atoms with Gasteiger partial charge in [-0.15, -0.1) is 11.3 Å². The standard InChI is InChI=1S/C26H27NO6S/c1-30-20-12-18(13-21(31-2)23(20)32-3)24(28)27-25-22(26(29)33-4)19(14-34-25)17-10-9-15-7-5-6-8-16(15)11-17/h9-14H,5-8H2,1-4H3,(H,27,28). The molecule has 3 aromatic rings. The SMILES string of the molecule is COC(=O)c1c(-c2ccc3c(c2)CCCC3)csc1NC(=O)c1cc(OC)c(OC)c(OC)c1. The first-order chi connectivity index (χ1) is 16.5. The van der Waals surface area contributed by atoms with E-state index in [0.29, 0.717) is 33.4 Å². The summed E-state index contributed by atoms with van der Waals surface area (Å²) in [6, 6.07) is 9.44. The van der Waals surface area contributed by atoms with Crippen LogP contribution in [-0.4, -0.2) is 40.3 Å². The molecule has 0 spiro atoms. The number of aryl methyl sites for hydroxylation is 2. The molecule has 1 amide bonds. The lowest BCUT2D eigenvalue weighted by Gasteiger charge is -2.17. The van der Waals surface area contributed by atoms with Gasteiger partial charge in [-0.3, -0.25) is 4.79 Å². The number of rotatable bonds is 7. The smallest absolute Gasteiger partial charge is 0.341 e. The number of nitrogens with one attached hydrogen (secondary N) is 1. The van der Waals surface area contributed by atoms with Crippen molar-refractivity contribution in [3.63, 3.8) is 0 Å². The predicted octanol–water partition coefficient (Wildman–Crippen LogP) is 5.36. The van der Waals surface area contributed by atoms with Gasteiger partial charge in [-0.05, 0) is 54.5 Å². The second-order valence-corrected chi connectivity index (χ2v) is 8.78. The van der Waals surface area contributed by atoms with Gasteiger partial charge in [-0.2, -0.15) is 0 Å². The summed E-state index contributed by atoms with van der Waals surface area (Å²) in [5.41, 5.74) is 4.99. The average molecular weight is 482 g/mol. The molecule has 0 aliphatic heterocycles. The Bertz CT molecular complexity index is 1210. The number of fused-ring (bicyclic) bond motifs is 1. The number of carbonyl (C=O) groups is 2. The maximum atomic E-state index is 13.1. The Morgan fingerprint density at radius 1 is 0.882 bits per heavy atom. The molecule has 0 radical (unpaired) electrons. The van der Waals surface area contributed by atoms with Crippen molar-refractivity contribution in [1.82, 2.24) is 0 Å². The molecule has 0 saturated carbocycles. The summed E-state index contributed by atoms with van der Waals surface area (Å²) < 4.78 is 21.1.